The van der Waals surface area contributed by atoms with Gasteiger partial charge in [0.25, 0.3) is 15.7 Å². The topological polar surface area (TPSA) is 107 Å². The number of nitro benzene ring substituents is 1. The zero-order valence-corrected chi connectivity index (χ0v) is 11.9. The van der Waals surface area contributed by atoms with Crippen molar-refractivity contribution in [2.45, 2.75) is 11.8 Å². The molecule has 0 saturated carbocycles. The van der Waals surface area contributed by atoms with Gasteiger partial charge in [0.05, 0.1) is 4.92 Å². The quantitative estimate of drug-likeness (QED) is 0.681. The molecule has 1 aromatic carbocycles. The third-order valence-corrected chi connectivity index (χ3v) is 4.06. The molecule has 0 fully saturated rings. The molecular weight excluding hydrogens is 303 g/mol. The second-order valence-electron chi connectivity index (χ2n) is 4.31. The number of nitro groups is 1. The lowest BCUT2D eigenvalue weighted by Crippen LogP contribution is -2.15. The number of hydrogen-bond acceptors (Lipinski definition) is 5. The molecule has 0 aliphatic carbocycles. The molecule has 10 heteroatoms. The molecular formula is C11H11FN4O4S. The number of anilines is 1. The van der Waals surface area contributed by atoms with Gasteiger partial charge in [0, 0.05) is 30.9 Å². The van der Waals surface area contributed by atoms with E-state index in [0.717, 1.165) is 6.07 Å². The number of nitrogens with one attached hydrogen (secondary N) is 1. The summed E-state index contributed by atoms with van der Waals surface area (Å²) in [5.74, 6) is -1.08. The molecule has 0 bridgehead atoms. The van der Waals surface area contributed by atoms with Gasteiger partial charge < -0.3 is 0 Å². The van der Waals surface area contributed by atoms with Gasteiger partial charge in [-0.15, -0.1) is 0 Å². The second kappa shape index (κ2) is 5.13. The predicted molar refractivity (Wildman–Crippen MR) is 71.8 cm³/mol. The van der Waals surface area contributed by atoms with E-state index in [1.54, 1.807) is 7.05 Å². The maximum atomic E-state index is 13.8. The summed E-state index contributed by atoms with van der Waals surface area (Å²) in [5.41, 5.74) is -0.438. The van der Waals surface area contributed by atoms with E-state index in [1.165, 1.54) is 23.9 Å². The highest BCUT2D eigenvalue weighted by molar-refractivity contribution is 7.92. The molecule has 0 spiro atoms. The normalized spacial score (nSPS) is 11.4. The number of benzene rings is 1. The van der Waals surface area contributed by atoms with E-state index in [1.807, 2.05) is 0 Å². The molecule has 0 atom stereocenters. The van der Waals surface area contributed by atoms with Crippen LogP contribution in [0, 0.1) is 22.9 Å². The van der Waals surface area contributed by atoms with Crippen LogP contribution in [0.4, 0.5) is 15.9 Å². The Balaban J connectivity index is 2.49. The first-order valence-electron chi connectivity index (χ1n) is 5.68. The molecule has 21 heavy (non-hydrogen) atoms. The van der Waals surface area contributed by atoms with Crippen LogP contribution in [-0.2, 0) is 17.1 Å². The molecule has 0 unspecified atom stereocenters. The van der Waals surface area contributed by atoms with Crippen LogP contribution >= 0.6 is 0 Å². The minimum atomic E-state index is -4.31. The van der Waals surface area contributed by atoms with Crippen molar-refractivity contribution in [3.63, 3.8) is 0 Å². The maximum absolute atomic E-state index is 13.8. The minimum absolute atomic E-state index is 0.0138. The number of sulfonamides is 1. The smallest absolute Gasteiger partial charge is 0.273 e. The molecule has 0 aliphatic heterocycles. The van der Waals surface area contributed by atoms with Crippen LogP contribution in [0.5, 0.6) is 0 Å². The molecule has 1 heterocycles. The third-order valence-electron chi connectivity index (χ3n) is 2.69. The van der Waals surface area contributed by atoms with E-state index < -0.39 is 31.3 Å². The van der Waals surface area contributed by atoms with Crippen LogP contribution in [0.15, 0.2) is 29.3 Å². The highest BCUT2D eigenvalue weighted by Crippen LogP contribution is 2.26. The van der Waals surface area contributed by atoms with Crippen molar-refractivity contribution in [1.82, 2.24) is 9.78 Å². The standard InChI is InChI=1S/C11H11FN4O4S/c1-7-5-8(12)10(6-9(7)16(17)18)21(19,20)14-11-3-4-15(2)13-11/h3-6H,1-2H3,(H,13,14). The van der Waals surface area contributed by atoms with E-state index >= 15 is 0 Å². The van der Waals surface area contributed by atoms with Gasteiger partial charge in [-0.05, 0) is 13.0 Å². The van der Waals surface area contributed by atoms with Crippen molar-refractivity contribution in [1.29, 1.82) is 0 Å². The SMILES string of the molecule is Cc1cc(F)c(S(=O)(=O)Nc2ccn(C)n2)cc1[N+](=O)[O-]. The van der Waals surface area contributed by atoms with Crippen LogP contribution in [0.1, 0.15) is 5.56 Å². The largest absolute Gasteiger partial charge is 0.274 e. The second-order valence-corrected chi connectivity index (χ2v) is 5.96. The lowest BCUT2D eigenvalue weighted by Gasteiger charge is -2.07. The van der Waals surface area contributed by atoms with E-state index in [9.17, 15) is 22.9 Å². The lowest BCUT2D eigenvalue weighted by molar-refractivity contribution is -0.385. The Morgan fingerprint density at radius 3 is 2.62 bits per heavy atom. The minimum Gasteiger partial charge on any atom is -0.274 e. The van der Waals surface area contributed by atoms with Crippen molar-refractivity contribution >= 4 is 21.5 Å². The monoisotopic (exact) mass is 314 g/mol. The summed E-state index contributed by atoms with van der Waals surface area (Å²) >= 11 is 0. The predicted octanol–water partition coefficient (Wildman–Crippen LogP) is 1.58. The van der Waals surface area contributed by atoms with Crippen molar-refractivity contribution in [2.24, 2.45) is 7.05 Å². The molecule has 1 aromatic heterocycles. The fourth-order valence-electron chi connectivity index (χ4n) is 1.71. The van der Waals surface area contributed by atoms with Gasteiger partial charge >= 0.3 is 0 Å². The summed E-state index contributed by atoms with van der Waals surface area (Å²) in [4.78, 5) is 9.26. The van der Waals surface area contributed by atoms with Gasteiger partial charge in [0.15, 0.2) is 5.82 Å². The van der Waals surface area contributed by atoms with E-state index in [-0.39, 0.29) is 11.4 Å². The van der Waals surface area contributed by atoms with Gasteiger partial charge in [-0.3, -0.25) is 19.5 Å². The van der Waals surface area contributed by atoms with Crippen molar-refractivity contribution in [3.05, 3.63) is 45.9 Å². The average Bonchev–Trinajstić information content (AvgIpc) is 2.72. The van der Waals surface area contributed by atoms with Gasteiger partial charge in [0.2, 0.25) is 0 Å². The molecule has 1 N–H and O–H groups in total. The number of rotatable bonds is 4. The Morgan fingerprint density at radius 1 is 1.43 bits per heavy atom. The Morgan fingerprint density at radius 2 is 2.10 bits per heavy atom. The average molecular weight is 314 g/mol. The fraction of sp³-hybridized carbons (Fsp3) is 0.182. The summed E-state index contributed by atoms with van der Waals surface area (Å²) in [7, 11) is -2.73. The molecule has 0 aliphatic rings. The molecule has 2 aromatic rings. The summed E-state index contributed by atoms with van der Waals surface area (Å²) < 4.78 is 41.4. The van der Waals surface area contributed by atoms with Crippen LogP contribution < -0.4 is 4.72 Å². The van der Waals surface area contributed by atoms with E-state index in [2.05, 4.69) is 9.82 Å². The zero-order valence-electron chi connectivity index (χ0n) is 11.1. The van der Waals surface area contributed by atoms with Crippen LogP contribution in [0.3, 0.4) is 0 Å². The van der Waals surface area contributed by atoms with Crippen molar-refractivity contribution in [3.8, 4) is 0 Å². The Kier molecular flexibility index (Phi) is 3.64. The molecule has 0 radical (unpaired) electrons. The number of aryl methyl sites for hydroxylation is 2. The van der Waals surface area contributed by atoms with Crippen LogP contribution in [0.25, 0.3) is 0 Å². The van der Waals surface area contributed by atoms with Crippen molar-refractivity contribution < 1.29 is 17.7 Å². The van der Waals surface area contributed by atoms with Crippen molar-refractivity contribution in [2.75, 3.05) is 4.72 Å². The summed E-state index contributed by atoms with van der Waals surface area (Å²) in [5, 5.41) is 14.6. The molecule has 112 valence electrons. The van der Waals surface area contributed by atoms with E-state index in [0.29, 0.717) is 6.07 Å². The lowest BCUT2D eigenvalue weighted by atomic mass is 10.2. The van der Waals surface area contributed by atoms with Gasteiger partial charge in [-0.25, -0.2) is 12.8 Å². The number of halogens is 1. The van der Waals surface area contributed by atoms with Crippen LogP contribution in [0.2, 0.25) is 0 Å². The Labute approximate surface area is 119 Å². The molecule has 2 rings (SSSR count). The first-order chi connectivity index (χ1) is 9.70. The van der Waals surface area contributed by atoms with Gasteiger partial charge in [-0.1, -0.05) is 0 Å². The number of nitrogens with zero attached hydrogens (tertiary/aromatic N) is 3. The Hall–Kier alpha value is -2.49. The van der Waals surface area contributed by atoms with Crippen LogP contribution in [-0.4, -0.2) is 23.1 Å². The number of hydrogen-bond donors (Lipinski definition) is 1. The summed E-state index contributed by atoms with van der Waals surface area (Å²) in [6.07, 6.45) is 1.49. The zero-order chi connectivity index (χ0) is 15.8. The Bertz CT molecular complexity index is 816. The summed E-state index contributed by atoms with van der Waals surface area (Å²) in [6, 6.07) is 2.87. The first-order valence-corrected chi connectivity index (χ1v) is 7.16. The molecule has 0 amide bonds. The highest BCUT2D eigenvalue weighted by Gasteiger charge is 2.25. The molecule has 8 nitrogen and oxygen atoms in total. The summed E-state index contributed by atoms with van der Waals surface area (Å²) in [6.45, 7) is 1.32. The van der Waals surface area contributed by atoms with Gasteiger partial charge in [-0.2, -0.15) is 5.10 Å². The first kappa shape index (κ1) is 14.9. The maximum Gasteiger partial charge on any atom is 0.273 e. The van der Waals surface area contributed by atoms with Gasteiger partial charge in [0.1, 0.15) is 10.7 Å². The third kappa shape index (κ3) is 2.99. The number of aromatic nitrogens is 2. The molecule has 0 saturated heterocycles. The van der Waals surface area contributed by atoms with E-state index in [4.69, 9.17) is 0 Å². The fourth-order valence-corrected chi connectivity index (χ4v) is 2.78. The highest BCUT2D eigenvalue weighted by atomic mass is 32.2.